The zero-order valence-electron chi connectivity index (χ0n) is 7.95. The Hall–Kier alpha value is -1.35. The van der Waals surface area contributed by atoms with E-state index in [0.29, 0.717) is 6.20 Å². The van der Waals surface area contributed by atoms with Crippen LogP contribution in [0.3, 0.4) is 0 Å². The van der Waals surface area contributed by atoms with Crippen LogP contribution in [0.2, 0.25) is 0 Å². The smallest absolute Gasteiger partial charge is 0.269 e. The fourth-order valence-corrected chi connectivity index (χ4v) is 1.71. The number of hydrogen-bond donors (Lipinski definition) is 1. The Balaban J connectivity index is 3.60. The Bertz CT molecular complexity index is 504. The minimum atomic E-state index is -4.51. The van der Waals surface area contributed by atoms with Crippen molar-refractivity contribution in [3.63, 3.8) is 0 Å². The summed E-state index contributed by atoms with van der Waals surface area (Å²) in [5.74, 6) is -2.07. The first-order valence-corrected chi connectivity index (χ1v) is 5.37. The van der Waals surface area contributed by atoms with Gasteiger partial charge in [-0.3, -0.25) is 0 Å². The summed E-state index contributed by atoms with van der Waals surface area (Å²) in [4.78, 5) is 3.14. The molecule has 0 spiro atoms. The molecular formula is C7H7F3N2O3S. The summed E-state index contributed by atoms with van der Waals surface area (Å²) in [5, 5.41) is 3.43. The molecule has 16 heavy (non-hydrogen) atoms. The van der Waals surface area contributed by atoms with E-state index in [0.717, 1.165) is 7.11 Å². The van der Waals surface area contributed by atoms with Crippen LogP contribution in [-0.4, -0.2) is 20.5 Å². The van der Waals surface area contributed by atoms with Crippen LogP contribution in [0.5, 0.6) is 5.75 Å². The monoisotopic (exact) mass is 256 g/mol. The number of aromatic nitrogens is 1. The average Bonchev–Trinajstić information content (AvgIpc) is 2.15. The summed E-state index contributed by atoms with van der Waals surface area (Å²) < 4.78 is 64.5. The minimum absolute atomic E-state index is 0.581. The third-order valence-electron chi connectivity index (χ3n) is 1.69. The van der Waals surface area contributed by atoms with Crippen LogP contribution < -0.4 is 9.88 Å². The summed E-state index contributed by atoms with van der Waals surface area (Å²) in [5.41, 5.74) is -1.39. The Kier molecular flexibility index (Phi) is 3.38. The van der Waals surface area contributed by atoms with Gasteiger partial charge in [-0.05, 0) is 0 Å². The largest absolute Gasteiger partial charge is 0.492 e. The Morgan fingerprint density at radius 3 is 2.44 bits per heavy atom. The molecule has 0 saturated heterocycles. The fourth-order valence-electron chi connectivity index (χ4n) is 1.03. The molecule has 0 fully saturated rings. The standard InChI is InChI=1S/C7H7F3N2O3S/c1-15-3-2-12-7(16(11,13)14)4(5(3)8)6(9)10/h2,6H,1H3,(H2,11,13,14). The summed E-state index contributed by atoms with van der Waals surface area (Å²) in [6.45, 7) is 0. The predicted octanol–water partition coefficient (Wildman–Crippen LogP) is 0.814. The number of hydrogen-bond acceptors (Lipinski definition) is 4. The number of alkyl halides is 2. The van der Waals surface area contributed by atoms with E-state index < -0.39 is 38.6 Å². The van der Waals surface area contributed by atoms with E-state index in [9.17, 15) is 21.6 Å². The van der Waals surface area contributed by atoms with Gasteiger partial charge in [-0.15, -0.1) is 0 Å². The molecule has 0 amide bonds. The van der Waals surface area contributed by atoms with E-state index in [1.807, 2.05) is 0 Å². The maximum absolute atomic E-state index is 13.3. The molecule has 0 aliphatic carbocycles. The lowest BCUT2D eigenvalue weighted by atomic mass is 10.2. The molecule has 0 bridgehead atoms. The van der Waals surface area contributed by atoms with Gasteiger partial charge < -0.3 is 4.74 Å². The molecular weight excluding hydrogens is 249 g/mol. The Morgan fingerprint density at radius 2 is 2.06 bits per heavy atom. The van der Waals surface area contributed by atoms with Gasteiger partial charge in [-0.25, -0.2) is 31.7 Å². The van der Waals surface area contributed by atoms with Crippen molar-refractivity contribution in [2.45, 2.75) is 11.5 Å². The van der Waals surface area contributed by atoms with Gasteiger partial charge in [0, 0.05) is 0 Å². The van der Waals surface area contributed by atoms with E-state index in [4.69, 9.17) is 0 Å². The quantitative estimate of drug-likeness (QED) is 0.867. The summed E-state index contributed by atoms with van der Waals surface area (Å²) in [6.07, 6.45) is -2.70. The lowest BCUT2D eigenvalue weighted by molar-refractivity contribution is 0.140. The second-order valence-corrected chi connectivity index (χ2v) is 4.18. The number of rotatable bonds is 3. The van der Waals surface area contributed by atoms with Gasteiger partial charge in [0.2, 0.25) is 0 Å². The van der Waals surface area contributed by atoms with Crippen molar-refractivity contribution in [2.24, 2.45) is 5.14 Å². The molecule has 0 atom stereocenters. The van der Waals surface area contributed by atoms with Gasteiger partial charge in [0.25, 0.3) is 16.4 Å². The number of methoxy groups -OCH3 is 1. The first kappa shape index (κ1) is 12.7. The van der Waals surface area contributed by atoms with Gasteiger partial charge in [0.05, 0.1) is 18.9 Å². The normalized spacial score (nSPS) is 11.9. The van der Waals surface area contributed by atoms with Gasteiger partial charge in [0.1, 0.15) is 0 Å². The summed E-state index contributed by atoms with van der Waals surface area (Å²) in [7, 11) is -3.48. The predicted molar refractivity (Wildman–Crippen MR) is 47.1 cm³/mol. The molecule has 0 aromatic carbocycles. The van der Waals surface area contributed by atoms with Crippen LogP contribution in [0, 0.1) is 5.82 Å². The van der Waals surface area contributed by atoms with Gasteiger partial charge in [-0.1, -0.05) is 0 Å². The molecule has 0 unspecified atom stereocenters. The molecule has 1 heterocycles. The van der Waals surface area contributed by atoms with E-state index in [1.165, 1.54) is 0 Å². The SMILES string of the molecule is COc1cnc(S(N)(=O)=O)c(C(F)F)c1F. The minimum Gasteiger partial charge on any atom is -0.492 e. The third-order valence-corrected chi connectivity index (χ3v) is 2.55. The van der Waals surface area contributed by atoms with Crippen LogP contribution in [0.4, 0.5) is 13.2 Å². The molecule has 2 N–H and O–H groups in total. The van der Waals surface area contributed by atoms with Crippen molar-refractivity contribution in [2.75, 3.05) is 7.11 Å². The highest BCUT2D eigenvalue weighted by atomic mass is 32.2. The number of pyridine rings is 1. The fraction of sp³-hybridized carbons (Fsp3) is 0.286. The average molecular weight is 256 g/mol. The van der Waals surface area contributed by atoms with Crippen LogP contribution in [0.25, 0.3) is 0 Å². The molecule has 1 rings (SSSR count). The number of primary sulfonamides is 1. The first-order chi connectivity index (χ1) is 7.29. The number of sulfonamides is 1. The highest BCUT2D eigenvalue weighted by molar-refractivity contribution is 7.89. The van der Waals surface area contributed by atoms with E-state index in [2.05, 4.69) is 14.9 Å². The maximum Gasteiger partial charge on any atom is 0.269 e. The molecule has 5 nitrogen and oxygen atoms in total. The zero-order chi connectivity index (χ0) is 12.5. The molecule has 0 aliphatic rings. The molecule has 1 aromatic heterocycles. The summed E-state index contributed by atoms with van der Waals surface area (Å²) in [6, 6.07) is 0. The van der Waals surface area contributed by atoms with Crippen LogP contribution >= 0.6 is 0 Å². The number of nitrogens with zero attached hydrogens (tertiary/aromatic N) is 1. The molecule has 0 saturated carbocycles. The van der Waals surface area contributed by atoms with Gasteiger partial charge in [-0.2, -0.15) is 0 Å². The van der Waals surface area contributed by atoms with Crippen molar-refractivity contribution >= 4 is 10.0 Å². The van der Waals surface area contributed by atoms with Crippen LogP contribution in [0.1, 0.15) is 12.0 Å². The Labute approximate surface area is 89.1 Å². The lowest BCUT2D eigenvalue weighted by Gasteiger charge is -2.09. The molecule has 1 aromatic rings. The van der Waals surface area contributed by atoms with Crippen LogP contribution in [-0.2, 0) is 10.0 Å². The lowest BCUT2D eigenvalue weighted by Crippen LogP contribution is -2.18. The zero-order valence-corrected chi connectivity index (χ0v) is 8.76. The number of nitrogens with two attached hydrogens (primary N) is 1. The molecule has 0 radical (unpaired) electrons. The number of halogens is 3. The van der Waals surface area contributed by atoms with Crippen molar-refractivity contribution in [1.82, 2.24) is 4.98 Å². The highest BCUT2D eigenvalue weighted by Gasteiger charge is 2.28. The van der Waals surface area contributed by atoms with Crippen molar-refractivity contribution in [1.29, 1.82) is 0 Å². The topological polar surface area (TPSA) is 82.3 Å². The van der Waals surface area contributed by atoms with E-state index in [-0.39, 0.29) is 0 Å². The van der Waals surface area contributed by atoms with Gasteiger partial charge >= 0.3 is 0 Å². The molecule has 9 heteroatoms. The van der Waals surface area contributed by atoms with Crippen molar-refractivity contribution in [3.8, 4) is 5.75 Å². The van der Waals surface area contributed by atoms with Crippen molar-refractivity contribution < 1.29 is 26.3 Å². The second-order valence-electron chi connectivity index (χ2n) is 2.71. The third kappa shape index (κ3) is 2.25. The van der Waals surface area contributed by atoms with Crippen molar-refractivity contribution in [3.05, 3.63) is 17.6 Å². The van der Waals surface area contributed by atoms with Crippen LogP contribution in [0.15, 0.2) is 11.2 Å². The van der Waals surface area contributed by atoms with E-state index >= 15 is 0 Å². The molecule has 90 valence electrons. The van der Waals surface area contributed by atoms with E-state index in [1.54, 1.807) is 0 Å². The maximum atomic E-state index is 13.3. The first-order valence-electron chi connectivity index (χ1n) is 3.82. The van der Waals surface area contributed by atoms with Gasteiger partial charge in [0.15, 0.2) is 16.6 Å². The highest BCUT2D eigenvalue weighted by Crippen LogP contribution is 2.31. The Morgan fingerprint density at radius 1 is 1.50 bits per heavy atom. The number of ether oxygens (including phenoxy) is 1. The second kappa shape index (κ2) is 4.26. The summed E-state index contributed by atoms with van der Waals surface area (Å²) >= 11 is 0. The molecule has 0 aliphatic heterocycles.